The van der Waals surface area contributed by atoms with E-state index in [1.54, 1.807) is 13.2 Å². The number of nitrogen functional groups attached to an aromatic ring is 1. The Morgan fingerprint density at radius 3 is 3.00 bits per heavy atom. The summed E-state index contributed by atoms with van der Waals surface area (Å²) in [5.41, 5.74) is 5.67. The first-order valence-corrected chi connectivity index (χ1v) is 5.14. The van der Waals surface area contributed by atoms with Gasteiger partial charge in [0.15, 0.2) is 5.82 Å². The summed E-state index contributed by atoms with van der Waals surface area (Å²) in [6.45, 7) is 1.37. The number of nitrogens with two attached hydrogens (primary N) is 1. The molecule has 1 aliphatic carbocycles. The van der Waals surface area contributed by atoms with Crippen LogP contribution in [0.15, 0.2) is 6.07 Å². The van der Waals surface area contributed by atoms with Crippen LogP contribution in [-0.2, 0) is 11.3 Å². The number of nitrogens with zero attached hydrogens (tertiary/aromatic N) is 2. The van der Waals surface area contributed by atoms with Crippen LogP contribution in [0, 0.1) is 5.92 Å². The molecular weight excluding hydrogens is 192 g/mol. The molecule has 0 bridgehead atoms. The van der Waals surface area contributed by atoms with Gasteiger partial charge in [-0.3, -0.25) is 0 Å². The van der Waals surface area contributed by atoms with Crippen LogP contribution in [0.4, 0.5) is 11.6 Å². The topological polar surface area (TPSA) is 73.1 Å². The average Bonchev–Trinajstić information content (AvgIpc) is 2.98. The molecule has 1 aliphatic rings. The lowest BCUT2D eigenvalue weighted by Crippen LogP contribution is -2.09. The van der Waals surface area contributed by atoms with Gasteiger partial charge in [-0.15, -0.1) is 0 Å². The lowest BCUT2D eigenvalue weighted by molar-refractivity contribution is 0.178. The highest BCUT2D eigenvalue weighted by Gasteiger charge is 2.20. The Balaban J connectivity index is 2.00. The molecule has 5 nitrogen and oxygen atoms in total. The van der Waals surface area contributed by atoms with Crippen molar-refractivity contribution in [2.24, 2.45) is 5.92 Å². The molecule has 3 N–H and O–H groups in total. The maximum absolute atomic E-state index is 5.67. The van der Waals surface area contributed by atoms with Crippen molar-refractivity contribution in [3.63, 3.8) is 0 Å². The summed E-state index contributed by atoms with van der Waals surface area (Å²) in [7, 11) is 1.61. The van der Waals surface area contributed by atoms with Crippen molar-refractivity contribution in [3.8, 4) is 0 Å². The van der Waals surface area contributed by atoms with E-state index in [9.17, 15) is 0 Å². The van der Waals surface area contributed by atoms with Gasteiger partial charge in [-0.25, -0.2) is 9.97 Å². The van der Waals surface area contributed by atoms with Gasteiger partial charge in [-0.2, -0.15) is 0 Å². The highest BCUT2D eigenvalue weighted by atomic mass is 16.5. The maximum atomic E-state index is 5.67. The molecule has 0 atom stereocenters. The number of ether oxygens (including phenoxy) is 1. The third kappa shape index (κ3) is 3.06. The van der Waals surface area contributed by atoms with Crippen molar-refractivity contribution < 1.29 is 4.74 Å². The van der Waals surface area contributed by atoms with E-state index < -0.39 is 0 Å². The van der Waals surface area contributed by atoms with Crippen LogP contribution >= 0.6 is 0 Å². The fourth-order valence-corrected chi connectivity index (χ4v) is 1.37. The van der Waals surface area contributed by atoms with E-state index >= 15 is 0 Å². The van der Waals surface area contributed by atoms with Crippen molar-refractivity contribution in [3.05, 3.63) is 11.9 Å². The van der Waals surface area contributed by atoms with Crippen LogP contribution in [0.2, 0.25) is 0 Å². The lowest BCUT2D eigenvalue weighted by atomic mass is 10.4. The molecule has 82 valence electrons. The molecule has 0 saturated heterocycles. The summed E-state index contributed by atoms with van der Waals surface area (Å²) in [6, 6.07) is 1.75. The van der Waals surface area contributed by atoms with E-state index in [4.69, 9.17) is 10.5 Å². The molecule has 1 saturated carbocycles. The molecule has 0 aromatic carbocycles. The number of methoxy groups -OCH3 is 1. The van der Waals surface area contributed by atoms with E-state index in [1.165, 1.54) is 12.8 Å². The molecule has 0 radical (unpaired) electrons. The van der Waals surface area contributed by atoms with Crippen molar-refractivity contribution in [1.29, 1.82) is 0 Å². The monoisotopic (exact) mass is 208 g/mol. The molecule has 15 heavy (non-hydrogen) atoms. The molecular formula is C10H16N4O. The zero-order valence-corrected chi connectivity index (χ0v) is 8.86. The average molecular weight is 208 g/mol. The van der Waals surface area contributed by atoms with Gasteiger partial charge in [0.05, 0.1) is 0 Å². The molecule has 0 unspecified atom stereocenters. The Labute approximate surface area is 89.1 Å². The Morgan fingerprint density at radius 2 is 2.33 bits per heavy atom. The third-order valence-electron chi connectivity index (χ3n) is 2.33. The van der Waals surface area contributed by atoms with Gasteiger partial charge in [0.2, 0.25) is 0 Å². The summed E-state index contributed by atoms with van der Waals surface area (Å²) in [5.74, 6) is 2.71. The Hall–Kier alpha value is -1.36. The number of hydrogen-bond donors (Lipinski definition) is 2. The van der Waals surface area contributed by atoms with Gasteiger partial charge in [0, 0.05) is 19.7 Å². The lowest BCUT2D eigenvalue weighted by Gasteiger charge is -2.07. The minimum Gasteiger partial charge on any atom is -0.384 e. The second kappa shape index (κ2) is 4.44. The second-order valence-electron chi connectivity index (χ2n) is 3.85. The third-order valence-corrected chi connectivity index (χ3v) is 2.33. The van der Waals surface area contributed by atoms with Gasteiger partial charge >= 0.3 is 0 Å². The number of rotatable bonds is 5. The van der Waals surface area contributed by atoms with Gasteiger partial charge in [0.25, 0.3) is 0 Å². The first kappa shape index (κ1) is 10.2. The van der Waals surface area contributed by atoms with Crippen molar-refractivity contribution in [2.75, 3.05) is 24.7 Å². The predicted molar refractivity (Wildman–Crippen MR) is 58.4 cm³/mol. The Bertz CT molecular complexity index is 338. The minimum atomic E-state index is 0.392. The summed E-state index contributed by atoms with van der Waals surface area (Å²) >= 11 is 0. The van der Waals surface area contributed by atoms with Gasteiger partial charge in [-0.05, 0) is 18.8 Å². The van der Waals surface area contributed by atoms with Gasteiger partial charge < -0.3 is 15.8 Å². The Morgan fingerprint density at radius 1 is 1.53 bits per heavy atom. The summed E-state index contributed by atoms with van der Waals surface area (Å²) in [6.07, 6.45) is 2.64. The van der Waals surface area contributed by atoms with Crippen LogP contribution in [0.1, 0.15) is 18.7 Å². The van der Waals surface area contributed by atoms with E-state index in [2.05, 4.69) is 15.3 Å². The molecule has 0 spiro atoms. The first-order valence-electron chi connectivity index (χ1n) is 5.14. The van der Waals surface area contributed by atoms with Crippen LogP contribution in [-0.4, -0.2) is 23.6 Å². The van der Waals surface area contributed by atoms with E-state index in [0.717, 1.165) is 18.3 Å². The molecule has 1 heterocycles. The first-order chi connectivity index (χ1) is 7.28. The summed E-state index contributed by atoms with van der Waals surface area (Å²) in [4.78, 5) is 8.36. The molecule has 1 fully saturated rings. The van der Waals surface area contributed by atoms with E-state index in [-0.39, 0.29) is 0 Å². The molecule has 5 heteroatoms. The van der Waals surface area contributed by atoms with Gasteiger partial charge in [-0.1, -0.05) is 0 Å². The fourth-order valence-electron chi connectivity index (χ4n) is 1.37. The molecule has 0 aliphatic heterocycles. The van der Waals surface area contributed by atoms with Crippen LogP contribution in [0.5, 0.6) is 0 Å². The van der Waals surface area contributed by atoms with Crippen LogP contribution in [0.25, 0.3) is 0 Å². The van der Waals surface area contributed by atoms with Crippen LogP contribution in [0.3, 0.4) is 0 Å². The largest absolute Gasteiger partial charge is 0.384 e. The SMILES string of the molecule is COCc1nc(N)cc(NCC2CC2)n1. The summed E-state index contributed by atoms with van der Waals surface area (Å²) in [5, 5.41) is 3.26. The molecule has 0 amide bonds. The second-order valence-corrected chi connectivity index (χ2v) is 3.85. The van der Waals surface area contributed by atoms with Crippen molar-refractivity contribution in [2.45, 2.75) is 19.4 Å². The molecule has 1 aromatic rings. The number of hydrogen-bond acceptors (Lipinski definition) is 5. The predicted octanol–water partition coefficient (Wildman–Crippen LogP) is 1.03. The van der Waals surface area contributed by atoms with E-state index in [1.807, 2.05) is 0 Å². The maximum Gasteiger partial charge on any atom is 0.158 e. The van der Waals surface area contributed by atoms with Gasteiger partial charge in [0.1, 0.15) is 18.2 Å². The zero-order chi connectivity index (χ0) is 10.7. The minimum absolute atomic E-state index is 0.392. The highest BCUT2D eigenvalue weighted by molar-refractivity contribution is 5.44. The summed E-state index contributed by atoms with van der Waals surface area (Å²) < 4.78 is 4.97. The van der Waals surface area contributed by atoms with E-state index in [0.29, 0.717) is 18.2 Å². The van der Waals surface area contributed by atoms with Crippen molar-refractivity contribution >= 4 is 11.6 Å². The zero-order valence-electron chi connectivity index (χ0n) is 8.86. The normalized spacial score (nSPS) is 15.3. The van der Waals surface area contributed by atoms with Crippen molar-refractivity contribution in [1.82, 2.24) is 9.97 Å². The quantitative estimate of drug-likeness (QED) is 0.756. The highest BCUT2D eigenvalue weighted by Crippen LogP contribution is 2.28. The number of nitrogens with one attached hydrogen (secondary N) is 1. The number of anilines is 2. The molecule has 1 aromatic heterocycles. The molecule has 2 rings (SSSR count). The fraction of sp³-hybridized carbons (Fsp3) is 0.600. The standard InChI is InChI=1S/C10H16N4O/c1-15-6-10-13-8(11)4-9(14-10)12-5-7-2-3-7/h4,7H,2-3,5-6H2,1H3,(H3,11,12,13,14). The smallest absolute Gasteiger partial charge is 0.158 e. The van der Waals surface area contributed by atoms with Crippen LogP contribution < -0.4 is 11.1 Å². The Kier molecular flexibility index (Phi) is 3.01. The number of aromatic nitrogens is 2.